The smallest absolute Gasteiger partial charge is 0.161 e. The Hall–Kier alpha value is -1.22. The summed E-state index contributed by atoms with van der Waals surface area (Å²) in [5.74, 6) is 2.49. The molecule has 3 nitrogen and oxygen atoms in total. The van der Waals surface area contributed by atoms with Crippen molar-refractivity contribution in [3.63, 3.8) is 0 Å². The summed E-state index contributed by atoms with van der Waals surface area (Å²) in [7, 11) is 0. The van der Waals surface area contributed by atoms with Crippen LogP contribution >= 0.6 is 0 Å². The lowest BCUT2D eigenvalue weighted by Crippen LogP contribution is -2.22. The van der Waals surface area contributed by atoms with Crippen LogP contribution in [0.15, 0.2) is 18.2 Å². The highest BCUT2D eigenvalue weighted by Gasteiger charge is 2.16. The third-order valence-corrected chi connectivity index (χ3v) is 3.45. The predicted octanol–water partition coefficient (Wildman–Crippen LogP) is 3.54. The molecule has 0 fully saturated rings. The molecule has 0 aliphatic carbocycles. The van der Waals surface area contributed by atoms with E-state index in [1.807, 2.05) is 6.07 Å². The van der Waals surface area contributed by atoms with Gasteiger partial charge in [-0.15, -0.1) is 0 Å². The van der Waals surface area contributed by atoms with Crippen molar-refractivity contribution < 1.29 is 9.47 Å². The Morgan fingerprint density at radius 2 is 1.84 bits per heavy atom. The number of hydrogen-bond acceptors (Lipinski definition) is 3. The van der Waals surface area contributed by atoms with Gasteiger partial charge in [0.15, 0.2) is 11.5 Å². The topological polar surface area (TPSA) is 30.5 Å². The molecule has 106 valence electrons. The van der Waals surface area contributed by atoms with Gasteiger partial charge >= 0.3 is 0 Å². The molecular formula is C16H25NO2. The number of fused-ring (bicyclic) bond motifs is 1. The van der Waals surface area contributed by atoms with E-state index in [1.165, 1.54) is 12.0 Å². The van der Waals surface area contributed by atoms with Crippen LogP contribution in [0.1, 0.15) is 45.2 Å². The number of rotatable bonds is 6. The Kier molecular flexibility index (Phi) is 5.08. The van der Waals surface area contributed by atoms with E-state index < -0.39 is 0 Å². The van der Waals surface area contributed by atoms with Gasteiger partial charge in [0.1, 0.15) is 13.2 Å². The van der Waals surface area contributed by atoms with Gasteiger partial charge in [0, 0.05) is 6.04 Å². The molecule has 19 heavy (non-hydrogen) atoms. The molecular weight excluding hydrogens is 238 g/mol. The van der Waals surface area contributed by atoms with Crippen molar-refractivity contribution in [1.82, 2.24) is 5.32 Å². The highest BCUT2D eigenvalue weighted by molar-refractivity contribution is 5.44. The van der Waals surface area contributed by atoms with E-state index in [0.717, 1.165) is 30.4 Å². The molecule has 1 unspecified atom stereocenters. The second-order valence-electron chi connectivity index (χ2n) is 5.48. The molecule has 1 aromatic rings. The van der Waals surface area contributed by atoms with E-state index in [9.17, 15) is 0 Å². The summed E-state index contributed by atoms with van der Waals surface area (Å²) in [6.45, 7) is 8.97. The molecule has 0 bridgehead atoms. The third kappa shape index (κ3) is 3.87. The fourth-order valence-electron chi connectivity index (χ4n) is 2.41. The van der Waals surface area contributed by atoms with Crippen molar-refractivity contribution in [2.75, 3.05) is 19.8 Å². The van der Waals surface area contributed by atoms with E-state index in [0.29, 0.717) is 19.3 Å². The van der Waals surface area contributed by atoms with Crippen molar-refractivity contribution in [1.29, 1.82) is 0 Å². The van der Waals surface area contributed by atoms with Crippen LogP contribution in [0.4, 0.5) is 0 Å². The zero-order valence-electron chi connectivity index (χ0n) is 12.2. The van der Waals surface area contributed by atoms with Crippen LogP contribution in [-0.4, -0.2) is 19.8 Å². The number of hydrogen-bond donors (Lipinski definition) is 1. The van der Waals surface area contributed by atoms with Crippen LogP contribution in [0.25, 0.3) is 0 Å². The molecule has 2 rings (SSSR count). The van der Waals surface area contributed by atoms with Gasteiger partial charge in [-0.1, -0.05) is 26.8 Å². The molecule has 1 aliphatic rings. The van der Waals surface area contributed by atoms with Gasteiger partial charge in [0.05, 0.1) is 0 Å². The van der Waals surface area contributed by atoms with Crippen molar-refractivity contribution in [3.8, 4) is 11.5 Å². The standard InChI is InChI=1S/C16H25NO2/c1-4-17-14(7-5-12(2)3)13-6-8-15-16(11-13)19-10-9-18-15/h6,8,11-12,14,17H,4-5,7,9-10H2,1-3H3. The Morgan fingerprint density at radius 3 is 2.53 bits per heavy atom. The van der Waals surface area contributed by atoms with Crippen molar-refractivity contribution in [3.05, 3.63) is 23.8 Å². The second kappa shape index (κ2) is 6.80. The van der Waals surface area contributed by atoms with Crippen molar-refractivity contribution in [2.45, 2.75) is 39.7 Å². The molecule has 1 atom stereocenters. The third-order valence-electron chi connectivity index (χ3n) is 3.45. The van der Waals surface area contributed by atoms with E-state index in [2.05, 4.69) is 38.2 Å². The first-order valence-corrected chi connectivity index (χ1v) is 7.33. The van der Waals surface area contributed by atoms with Gasteiger partial charge in [0.2, 0.25) is 0 Å². The molecule has 1 aromatic carbocycles. The maximum Gasteiger partial charge on any atom is 0.161 e. The Morgan fingerprint density at radius 1 is 1.11 bits per heavy atom. The summed E-state index contributed by atoms with van der Waals surface area (Å²) in [5.41, 5.74) is 1.30. The van der Waals surface area contributed by atoms with E-state index in [4.69, 9.17) is 9.47 Å². The first-order valence-electron chi connectivity index (χ1n) is 7.33. The molecule has 1 heterocycles. The minimum atomic E-state index is 0.406. The lowest BCUT2D eigenvalue weighted by Gasteiger charge is -2.23. The second-order valence-corrected chi connectivity index (χ2v) is 5.48. The van der Waals surface area contributed by atoms with Crippen molar-refractivity contribution >= 4 is 0 Å². The van der Waals surface area contributed by atoms with Gasteiger partial charge in [-0.25, -0.2) is 0 Å². The largest absolute Gasteiger partial charge is 0.486 e. The van der Waals surface area contributed by atoms with Crippen LogP contribution < -0.4 is 14.8 Å². The first kappa shape index (κ1) is 14.2. The predicted molar refractivity (Wildman–Crippen MR) is 77.9 cm³/mol. The molecule has 0 saturated heterocycles. The number of ether oxygens (including phenoxy) is 2. The SMILES string of the molecule is CCNC(CCC(C)C)c1ccc2c(c1)OCCO2. The number of nitrogens with one attached hydrogen (secondary N) is 1. The summed E-state index contributed by atoms with van der Waals surface area (Å²) in [6, 6.07) is 6.72. The van der Waals surface area contributed by atoms with Gasteiger partial charge in [-0.3, -0.25) is 0 Å². The minimum absolute atomic E-state index is 0.406. The van der Waals surface area contributed by atoms with Crippen LogP contribution in [0.5, 0.6) is 11.5 Å². The fraction of sp³-hybridized carbons (Fsp3) is 0.625. The van der Waals surface area contributed by atoms with Gasteiger partial charge < -0.3 is 14.8 Å². The average Bonchev–Trinajstić information content (AvgIpc) is 2.42. The molecule has 0 saturated carbocycles. The highest BCUT2D eigenvalue weighted by atomic mass is 16.6. The molecule has 0 radical (unpaired) electrons. The summed E-state index contributed by atoms with van der Waals surface area (Å²) < 4.78 is 11.2. The van der Waals surface area contributed by atoms with Crippen LogP contribution in [0.2, 0.25) is 0 Å². The summed E-state index contributed by atoms with van der Waals surface area (Å²) in [5, 5.41) is 3.56. The molecule has 1 aliphatic heterocycles. The Balaban J connectivity index is 2.11. The quantitative estimate of drug-likeness (QED) is 0.851. The Labute approximate surface area is 116 Å². The van der Waals surface area contributed by atoms with Gasteiger partial charge in [-0.2, -0.15) is 0 Å². The molecule has 0 spiro atoms. The maximum atomic E-state index is 5.67. The normalized spacial score (nSPS) is 15.6. The zero-order valence-corrected chi connectivity index (χ0v) is 12.2. The first-order chi connectivity index (χ1) is 9.20. The van der Waals surface area contributed by atoms with Gasteiger partial charge in [0.25, 0.3) is 0 Å². The maximum absolute atomic E-state index is 5.67. The molecule has 0 amide bonds. The summed E-state index contributed by atoms with van der Waals surface area (Å²) in [6.07, 6.45) is 2.39. The highest BCUT2D eigenvalue weighted by Crippen LogP contribution is 2.33. The average molecular weight is 263 g/mol. The van der Waals surface area contributed by atoms with Crippen molar-refractivity contribution in [2.24, 2.45) is 5.92 Å². The fourth-order valence-corrected chi connectivity index (χ4v) is 2.41. The van der Waals surface area contributed by atoms with Crippen LogP contribution in [-0.2, 0) is 0 Å². The molecule has 3 heteroatoms. The molecule has 1 N–H and O–H groups in total. The zero-order chi connectivity index (χ0) is 13.7. The van der Waals surface area contributed by atoms with Crippen LogP contribution in [0.3, 0.4) is 0 Å². The number of benzene rings is 1. The van der Waals surface area contributed by atoms with E-state index in [1.54, 1.807) is 0 Å². The van der Waals surface area contributed by atoms with E-state index >= 15 is 0 Å². The lowest BCUT2D eigenvalue weighted by atomic mass is 9.97. The lowest BCUT2D eigenvalue weighted by molar-refractivity contribution is 0.171. The monoisotopic (exact) mass is 263 g/mol. The van der Waals surface area contributed by atoms with E-state index in [-0.39, 0.29) is 0 Å². The minimum Gasteiger partial charge on any atom is -0.486 e. The van der Waals surface area contributed by atoms with Crippen LogP contribution in [0, 0.1) is 5.92 Å². The van der Waals surface area contributed by atoms with Gasteiger partial charge in [-0.05, 0) is 43.0 Å². The summed E-state index contributed by atoms with van der Waals surface area (Å²) in [4.78, 5) is 0. The summed E-state index contributed by atoms with van der Waals surface area (Å²) >= 11 is 0. The molecule has 0 aromatic heterocycles. The Bertz CT molecular complexity index is 404.